The molecule has 82 valence electrons. The summed E-state index contributed by atoms with van der Waals surface area (Å²) in [7, 11) is 0. The van der Waals surface area contributed by atoms with Crippen molar-refractivity contribution >= 4 is 15.9 Å². The maximum Gasteiger partial charge on any atom is 0.0175 e. The molecule has 0 radical (unpaired) electrons. The van der Waals surface area contributed by atoms with Crippen molar-refractivity contribution in [3.8, 4) is 0 Å². The second kappa shape index (κ2) is 6.09. The standard InChI is InChI=1S/C13H18BrN/c1-10(2)9-15-11(3)8-12-4-6-13(14)7-5-12/h4-7,11,15H,1,8-9H2,2-3H3. The Kier molecular flexibility index (Phi) is 5.06. The predicted molar refractivity (Wildman–Crippen MR) is 70.1 cm³/mol. The highest BCUT2D eigenvalue weighted by Gasteiger charge is 2.02. The zero-order chi connectivity index (χ0) is 11.3. The lowest BCUT2D eigenvalue weighted by Crippen LogP contribution is -2.29. The van der Waals surface area contributed by atoms with E-state index in [1.165, 1.54) is 11.1 Å². The van der Waals surface area contributed by atoms with Crippen LogP contribution in [-0.4, -0.2) is 12.6 Å². The molecule has 1 rings (SSSR count). The summed E-state index contributed by atoms with van der Waals surface area (Å²) in [6.07, 6.45) is 1.06. The average molecular weight is 268 g/mol. The topological polar surface area (TPSA) is 12.0 Å². The largest absolute Gasteiger partial charge is 0.310 e. The van der Waals surface area contributed by atoms with Gasteiger partial charge in [0.1, 0.15) is 0 Å². The van der Waals surface area contributed by atoms with E-state index < -0.39 is 0 Å². The van der Waals surface area contributed by atoms with E-state index in [2.05, 4.69) is 59.0 Å². The third-order valence-electron chi connectivity index (χ3n) is 2.21. The Labute approximate surface area is 101 Å². The third-order valence-corrected chi connectivity index (χ3v) is 2.74. The van der Waals surface area contributed by atoms with Gasteiger partial charge in [0, 0.05) is 17.1 Å². The molecule has 0 aliphatic carbocycles. The van der Waals surface area contributed by atoms with E-state index in [-0.39, 0.29) is 0 Å². The van der Waals surface area contributed by atoms with E-state index in [0.29, 0.717) is 6.04 Å². The van der Waals surface area contributed by atoms with Crippen molar-refractivity contribution in [3.63, 3.8) is 0 Å². The van der Waals surface area contributed by atoms with E-state index in [0.717, 1.165) is 17.4 Å². The van der Waals surface area contributed by atoms with Crippen LogP contribution in [0.15, 0.2) is 40.9 Å². The number of hydrogen-bond donors (Lipinski definition) is 1. The maximum atomic E-state index is 3.88. The van der Waals surface area contributed by atoms with Crippen molar-refractivity contribution in [1.82, 2.24) is 5.32 Å². The summed E-state index contributed by atoms with van der Waals surface area (Å²) >= 11 is 3.43. The Balaban J connectivity index is 2.40. The van der Waals surface area contributed by atoms with Crippen molar-refractivity contribution in [2.45, 2.75) is 26.3 Å². The molecule has 2 heteroatoms. The quantitative estimate of drug-likeness (QED) is 0.805. The number of nitrogens with one attached hydrogen (secondary N) is 1. The Morgan fingerprint density at radius 2 is 2.00 bits per heavy atom. The molecule has 1 atom stereocenters. The summed E-state index contributed by atoms with van der Waals surface area (Å²) < 4.78 is 1.13. The highest BCUT2D eigenvalue weighted by atomic mass is 79.9. The van der Waals surface area contributed by atoms with Crippen LogP contribution < -0.4 is 5.32 Å². The molecule has 0 saturated carbocycles. The third kappa shape index (κ3) is 5.14. The van der Waals surface area contributed by atoms with Crippen LogP contribution in [-0.2, 0) is 6.42 Å². The first-order valence-electron chi connectivity index (χ1n) is 5.20. The first-order chi connectivity index (χ1) is 7.08. The molecule has 1 N–H and O–H groups in total. The van der Waals surface area contributed by atoms with Gasteiger partial charge in [-0.05, 0) is 38.0 Å². The van der Waals surface area contributed by atoms with Crippen molar-refractivity contribution in [1.29, 1.82) is 0 Å². The molecule has 0 fully saturated rings. The summed E-state index contributed by atoms with van der Waals surface area (Å²) in [4.78, 5) is 0. The molecule has 1 aromatic rings. The molecule has 1 aromatic carbocycles. The molecule has 0 aliphatic heterocycles. The van der Waals surface area contributed by atoms with Crippen molar-refractivity contribution in [3.05, 3.63) is 46.5 Å². The van der Waals surface area contributed by atoms with Gasteiger partial charge in [-0.2, -0.15) is 0 Å². The van der Waals surface area contributed by atoms with Gasteiger partial charge >= 0.3 is 0 Å². The first-order valence-corrected chi connectivity index (χ1v) is 5.99. The number of benzene rings is 1. The van der Waals surface area contributed by atoms with Crippen LogP contribution in [0, 0.1) is 0 Å². The van der Waals surface area contributed by atoms with Crippen LogP contribution in [0.3, 0.4) is 0 Å². The van der Waals surface area contributed by atoms with E-state index in [1.54, 1.807) is 0 Å². The van der Waals surface area contributed by atoms with Gasteiger partial charge in [0.2, 0.25) is 0 Å². The van der Waals surface area contributed by atoms with Crippen LogP contribution in [0.1, 0.15) is 19.4 Å². The highest BCUT2D eigenvalue weighted by Crippen LogP contribution is 2.11. The van der Waals surface area contributed by atoms with Crippen LogP contribution in [0.25, 0.3) is 0 Å². The molecule has 0 amide bonds. The van der Waals surface area contributed by atoms with Gasteiger partial charge in [-0.15, -0.1) is 0 Å². The minimum atomic E-state index is 0.489. The monoisotopic (exact) mass is 267 g/mol. The first kappa shape index (κ1) is 12.5. The van der Waals surface area contributed by atoms with E-state index in [9.17, 15) is 0 Å². The minimum absolute atomic E-state index is 0.489. The SMILES string of the molecule is C=C(C)CNC(C)Cc1ccc(Br)cc1. The number of hydrogen-bond acceptors (Lipinski definition) is 1. The van der Waals surface area contributed by atoms with Crippen molar-refractivity contribution < 1.29 is 0 Å². The molecule has 0 aromatic heterocycles. The Bertz CT molecular complexity index is 316. The van der Waals surface area contributed by atoms with E-state index in [1.807, 2.05) is 6.92 Å². The summed E-state index contributed by atoms with van der Waals surface area (Å²) in [6, 6.07) is 8.97. The molecule has 0 bridgehead atoms. The summed E-state index contributed by atoms with van der Waals surface area (Å²) in [5.74, 6) is 0. The molecule has 0 spiro atoms. The van der Waals surface area contributed by atoms with Gasteiger partial charge < -0.3 is 5.32 Å². The molecule has 0 saturated heterocycles. The van der Waals surface area contributed by atoms with Crippen LogP contribution in [0.4, 0.5) is 0 Å². The van der Waals surface area contributed by atoms with Gasteiger partial charge in [-0.3, -0.25) is 0 Å². The van der Waals surface area contributed by atoms with Crippen LogP contribution >= 0.6 is 15.9 Å². The zero-order valence-electron chi connectivity index (χ0n) is 9.39. The molecular weight excluding hydrogens is 250 g/mol. The number of rotatable bonds is 5. The lowest BCUT2D eigenvalue weighted by molar-refractivity contribution is 0.573. The zero-order valence-corrected chi connectivity index (χ0v) is 11.0. The summed E-state index contributed by atoms with van der Waals surface area (Å²) in [5.41, 5.74) is 2.54. The summed E-state index contributed by atoms with van der Waals surface area (Å²) in [6.45, 7) is 9.02. The molecule has 1 nitrogen and oxygen atoms in total. The molecule has 15 heavy (non-hydrogen) atoms. The molecule has 1 unspecified atom stereocenters. The average Bonchev–Trinajstić information content (AvgIpc) is 2.19. The van der Waals surface area contributed by atoms with Crippen LogP contribution in [0.5, 0.6) is 0 Å². The van der Waals surface area contributed by atoms with Gasteiger partial charge in [0.05, 0.1) is 0 Å². The minimum Gasteiger partial charge on any atom is -0.310 e. The smallest absolute Gasteiger partial charge is 0.0175 e. The Morgan fingerprint density at radius 1 is 1.40 bits per heavy atom. The predicted octanol–water partition coefficient (Wildman–Crippen LogP) is 3.55. The lowest BCUT2D eigenvalue weighted by Gasteiger charge is -2.13. The van der Waals surface area contributed by atoms with Crippen molar-refractivity contribution in [2.24, 2.45) is 0 Å². The fourth-order valence-electron chi connectivity index (χ4n) is 1.39. The second-order valence-corrected chi connectivity index (χ2v) is 4.99. The van der Waals surface area contributed by atoms with Gasteiger partial charge in [-0.1, -0.05) is 40.2 Å². The van der Waals surface area contributed by atoms with Crippen molar-refractivity contribution in [2.75, 3.05) is 6.54 Å². The van der Waals surface area contributed by atoms with E-state index >= 15 is 0 Å². The molecular formula is C13H18BrN. The summed E-state index contributed by atoms with van der Waals surface area (Å²) in [5, 5.41) is 3.43. The molecule has 0 heterocycles. The molecule has 0 aliphatic rings. The highest BCUT2D eigenvalue weighted by molar-refractivity contribution is 9.10. The Hall–Kier alpha value is -0.600. The fraction of sp³-hybridized carbons (Fsp3) is 0.385. The fourth-order valence-corrected chi connectivity index (χ4v) is 1.66. The maximum absolute atomic E-state index is 3.88. The van der Waals surface area contributed by atoms with Gasteiger partial charge in [-0.25, -0.2) is 0 Å². The van der Waals surface area contributed by atoms with Gasteiger partial charge in [0.25, 0.3) is 0 Å². The second-order valence-electron chi connectivity index (χ2n) is 4.07. The van der Waals surface area contributed by atoms with Crippen LogP contribution in [0.2, 0.25) is 0 Å². The normalized spacial score (nSPS) is 12.5. The van der Waals surface area contributed by atoms with E-state index in [4.69, 9.17) is 0 Å². The lowest BCUT2D eigenvalue weighted by atomic mass is 10.1. The Morgan fingerprint density at radius 3 is 2.53 bits per heavy atom. The van der Waals surface area contributed by atoms with Gasteiger partial charge in [0.15, 0.2) is 0 Å². The number of halogens is 1.